The normalized spacial score (nSPS) is 40.6. The Morgan fingerprint density at radius 3 is 1.77 bits per heavy atom. The summed E-state index contributed by atoms with van der Waals surface area (Å²) in [5.41, 5.74) is -4.03. The van der Waals surface area contributed by atoms with Gasteiger partial charge in [0, 0.05) is 12.8 Å². The zero-order chi connectivity index (χ0) is 10.5. The average molecular weight is 198 g/mol. The lowest BCUT2D eigenvalue weighted by atomic mass is 9.62. The van der Waals surface area contributed by atoms with Crippen LogP contribution < -0.4 is 0 Å². The van der Waals surface area contributed by atoms with Gasteiger partial charge in [-0.3, -0.25) is 0 Å². The van der Waals surface area contributed by atoms with Crippen molar-refractivity contribution in [2.45, 2.75) is 44.1 Å². The zero-order valence-corrected chi connectivity index (χ0v) is 7.52. The maximum absolute atomic E-state index is 12.1. The molecule has 0 radical (unpaired) electrons. The first kappa shape index (κ1) is 10.8. The standard InChI is InChI=1S/C8H13F3O2/c1-5(2)6(12)3-7(13,4-6)8(9,10)11/h5,12-13H,3-4H2,1-2H3. The van der Waals surface area contributed by atoms with Crippen molar-refractivity contribution in [3.05, 3.63) is 0 Å². The van der Waals surface area contributed by atoms with Crippen molar-refractivity contribution in [1.29, 1.82) is 0 Å². The molecular weight excluding hydrogens is 185 g/mol. The van der Waals surface area contributed by atoms with Crippen LogP contribution in [0.4, 0.5) is 13.2 Å². The lowest BCUT2D eigenvalue weighted by molar-refractivity contribution is -0.335. The van der Waals surface area contributed by atoms with Crippen molar-refractivity contribution in [3.63, 3.8) is 0 Å². The highest BCUT2D eigenvalue weighted by molar-refractivity contribution is 5.10. The lowest BCUT2D eigenvalue weighted by Crippen LogP contribution is -2.65. The van der Waals surface area contributed by atoms with E-state index in [9.17, 15) is 18.3 Å². The summed E-state index contributed by atoms with van der Waals surface area (Å²) in [6, 6.07) is 0. The molecule has 0 atom stereocenters. The second kappa shape index (κ2) is 2.60. The minimum atomic E-state index is -4.63. The van der Waals surface area contributed by atoms with Crippen LogP contribution in [0.5, 0.6) is 0 Å². The fourth-order valence-electron chi connectivity index (χ4n) is 1.57. The molecule has 1 saturated carbocycles. The molecule has 0 aliphatic heterocycles. The summed E-state index contributed by atoms with van der Waals surface area (Å²) in [4.78, 5) is 0. The molecular formula is C8H13F3O2. The highest BCUT2D eigenvalue weighted by Gasteiger charge is 2.67. The Kier molecular flexibility index (Phi) is 2.16. The number of alkyl halides is 3. The maximum Gasteiger partial charge on any atom is 0.417 e. The van der Waals surface area contributed by atoms with E-state index in [0.29, 0.717) is 0 Å². The summed E-state index contributed by atoms with van der Waals surface area (Å²) in [7, 11) is 0. The fourth-order valence-corrected chi connectivity index (χ4v) is 1.57. The lowest BCUT2D eigenvalue weighted by Gasteiger charge is -2.52. The Morgan fingerprint density at radius 1 is 1.15 bits per heavy atom. The Hall–Kier alpha value is -0.290. The van der Waals surface area contributed by atoms with Gasteiger partial charge in [-0.05, 0) is 5.92 Å². The van der Waals surface area contributed by atoms with E-state index in [1.807, 2.05) is 0 Å². The molecule has 1 aliphatic rings. The summed E-state index contributed by atoms with van der Waals surface area (Å²) < 4.78 is 36.4. The van der Waals surface area contributed by atoms with Gasteiger partial charge < -0.3 is 10.2 Å². The summed E-state index contributed by atoms with van der Waals surface area (Å²) >= 11 is 0. The summed E-state index contributed by atoms with van der Waals surface area (Å²) in [6.07, 6.45) is -5.85. The summed E-state index contributed by atoms with van der Waals surface area (Å²) in [5, 5.41) is 18.6. The highest BCUT2D eigenvalue weighted by Crippen LogP contribution is 2.53. The van der Waals surface area contributed by atoms with Gasteiger partial charge in [0.25, 0.3) is 0 Å². The molecule has 5 heteroatoms. The van der Waals surface area contributed by atoms with Crippen LogP contribution in [0.1, 0.15) is 26.7 Å². The van der Waals surface area contributed by atoms with E-state index in [1.165, 1.54) is 0 Å². The Bertz CT molecular complexity index is 204. The molecule has 0 aromatic heterocycles. The van der Waals surface area contributed by atoms with Crippen LogP contribution in [-0.4, -0.2) is 27.6 Å². The van der Waals surface area contributed by atoms with Gasteiger partial charge in [0.15, 0.2) is 5.60 Å². The van der Waals surface area contributed by atoms with E-state index in [4.69, 9.17) is 5.11 Å². The smallest absolute Gasteiger partial charge is 0.389 e. The van der Waals surface area contributed by atoms with E-state index in [-0.39, 0.29) is 5.92 Å². The van der Waals surface area contributed by atoms with E-state index in [2.05, 4.69) is 0 Å². The minimum Gasteiger partial charge on any atom is -0.389 e. The maximum atomic E-state index is 12.1. The third-order valence-corrected chi connectivity index (χ3v) is 2.80. The molecule has 0 heterocycles. The van der Waals surface area contributed by atoms with Gasteiger partial charge in [-0.25, -0.2) is 0 Å². The molecule has 2 N–H and O–H groups in total. The Morgan fingerprint density at radius 2 is 1.54 bits per heavy atom. The van der Waals surface area contributed by atoms with Crippen molar-refractivity contribution in [3.8, 4) is 0 Å². The largest absolute Gasteiger partial charge is 0.417 e. The number of aliphatic hydroxyl groups is 2. The van der Waals surface area contributed by atoms with Crippen LogP contribution >= 0.6 is 0 Å². The summed E-state index contributed by atoms with van der Waals surface area (Å²) in [6.45, 7) is 3.27. The van der Waals surface area contributed by atoms with Gasteiger partial charge in [-0.1, -0.05) is 13.8 Å². The van der Waals surface area contributed by atoms with Gasteiger partial charge in [0.05, 0.1) is 5.60 Å². The molecule has 1 aliphatic carbocycles. The molecule has 1 rings (SSSR count). The predicted octanol–water partition coefficient (Wildman–Crippen LogP) is 1.46. The van der Waals surface area contributed by atoms with Gasteiger partial charge in [0.1, 0.15) is 0 Å². The van der Waals surface area contributed by atoms with E-state index in [1.54, 1.807) is 13.8 Å². The van der Waals surface area contributed by atoms with Crippen molar-refractivity contribution < 1.29 is 23.4 Å². The van der Waals surface area contributed by atoms with Gasteiger partial charge >= 0.3 is 6.18 Å². The van der Waals surface area contributed by atoms with E-state index < -0.39 is 30.2 Å². The SMILES string of the molecule is CC(C)C1(O)CC(O)(C(F)(F)F)C1. The first-order chi connectivity index (χ1) is 5.61. The van der Waals surface area contributed by atoms with Crippen molar-refractivity contribution in [2.24, 2.45) is 5.92 Å². The molecule has 0 unspecified atom stereocenters. The molecule has 13 heavy (non-hydrogen) atoms. The van der Waals surface area contributed by atoms with Crippen LogP contribution in [-0.2, 0) is 0 Å². The molecule has 78 valence electrons. The van der Waals surface area contributed by atoms with Crippen molar-refractivity contribution in [1.82, 2.24) is 0 Å². The third-order valence-electron chi connectivity index (χ3n) is 2.80. The number of hydrogen-bond acceptors (Lipinski definition) is 2. The highest BCUT2D eigenvalue weighted by atomic mass is 19.4. The first-order valence-corrected chi connectivity index (χ1v) is 4.12. The van der Waals surface area contributed by atoms with Crippen molar-refractivity contribution in [2.75, 3.05) is 0 Å². The van der Waals surface area contributed by atoms with Crippen LogP contribution in [0, 0.1) is 5.92 Å². The second-order valence-electron chi connectivity index (χ2n) is 4.14. The van der Waals surface area contributed by atoms with Gasteiger partial charge in [-0.15, -0.1) is 0 Å². The van der Waals surface area contributed by atoms with Crippen LogP contribution in [0.25, 0.3) is 0 Å². The van der Waals surface area contributed by atoms with Crippen molar-refractivity contribution >= 4 is 0 Å². The van der Waals surface area contributed by atoms with Crippen LogP contribution in [0.2, 0.25) is 0 Å². The van der Waals surface area contributed by atoms with E-state index in [0.717, 1.165) is 0 Å². The first-order valence-electron chi connectivity index (χ1n) is 4.12. The molecule has 0 saturated heterocycles. The Labute approximate surface area is 74.4 Å². The number of hydrogen-bond donors (Lipinski definition) is 2. The van der Waals surface area contributed by atoms with Crippen LogP contribution in [0.3, 0.4) is 0 Å². The number of rotatable bonds is 1. The topological polar surface area (TPSA) is 40.5 Å². The third kappa shape index (κ3) is 1.55. The van der Waals surface area contributed by atoms with Crippen LogP contribution in [0.15, 0.2) is 0 Å². The molecule has 0 amide bonds. The zero-order valence-electron chi connectivity index (χ0n) is 7.52. The second-order valence-corrected chi connectivity index (χ2v) is 4.14. The molecule has 0 bridgehead atoms. The molecule has 0 aromatic rings. The number of halogens is 3. The monoisotopic (exact) mass is 198 g/mol. The molecule has 1 fully saturated rings. The van der Waals surface area contributed by atoms with E-state index >= 15 is 0 Å². The van der Waals surface area contributed by atoms with Gasteiger partial charge in [-0.2, -0.15) is 13.2 Å². The predicted molar refractivity (Wildman–Crippen MR) is 40.0 cm³/mol. The fraction of sp³-hybridized carbons (Fsp3) is 1.00. The molecule has 0 aromatic carbocycles. The Balaban J connectivity index is 2.67. The summed E-state index contributed by atoms with van der Waals surface area (Å²) in [5.74, 6) is -0.268. The van der Waals surface area contributed by atoms with Gasteiger partial charge in [0.2, 0.25) is 0 Å². The molecule has 2 nitrogen and oxygen atoms in total. The quantitative estimate of drug-likeness (QED) is 0.669. The minimum absolute atomic E-state index is 0.268. The molecule has 0 spiro atoms. The average Bonchev–Trinajstić information content (AvgIpc) is 1.81.